The van der Waals surface area contributed by atoms with Crippen LogP contribution < -0.4 is 16.0 Å². The lowest BCUT2D eigenvalue weighted by Crippen LogP contribution is -2.57. The van der Waals surface area contributed by atoms with Crippen molar-refractivity contribution in [2.45, 2.75) is 37.6 Å². The van der Waals surface area contributed by atoms with Gasteiger partial charge in [0.2, 0.25) is 0 Å². The van der Waals surface area contributed by atoms with Gasteiger partial charge in [-0.3, -0.25) is 14.9 Å². The average Bonchev–Trinajstić information content (AvgIpc) is 3.58. The maximum atomic E-state index is 13.0. The molecule has 1 saturated carbocycles. The van der Waals surface area contributed by atoms with Gasteiger partial charge in [-0.25, -0.2) is 4.79 Å². The van der Waals surface area contributed by atoms with Crippen LogP contribution in [0.2, 0.25) is 0 Å². The zero-order valence-corrected chi connectivity index (χ0v) is 17.5. The molecule has 4 amide bonds. The van der Waals surface area contributed by atoms with Crippen LogP contribution in [0.5, 0.6) is 0 Å². The van der Waals surface area contributed by atoms with Crippen molar-refractivity contribution < 1.29 is 14.4 Å². The Hall–Kier alpha value is -3.66. The number of carbonyl (C=O) groups is 3. The number of amides is 4. The summed E-state index contributed by atoms with van der Waals surface area (Å²) in [6.07, 6.45) is 1.68. The Morgan fingerprint density at radius 3 is 2.42 bits per heavy atom. The summed E-state index contributed by atoms with van der Waals surface area (Å²) in [5.74, 6) is -0.666. The first-order valence-corrected chi connectivity index (χ1v) is 10.3. The average molecular weight is 416 g/mol. The smallest absolute Gasteiger partial charge is 0.322 e. The van der Waals surface area contributed by atoms with Crippen molar-refractivity contribution in [1.82, 2.24) is 16.0 Å². The Morgan fingerprint density at radius 1 is 1.16 bits per heavy atom. The molecule has 0 unspecified atom stereocenters. The predicted molar refractivity (Wildman–Crippen MR) is 115 cm³/mol. The van der Waals surface area contributed by atoms with Gasteiger partial charge in [0, 0.05) is 5.56 Å². The van der Waals surface area contributed by atoms with E-state index in [1.165, 1.54) is 0 Å². The molecule has 1 heterocycles. The van der Waals surface area contributed by atoms with Crippen LogP contribution in [0.15, 0.2) is 48.5 Å². The molecule has 31 heavy (non-hydrogen) atoms. The zero-order chi connectivity index (χ0) is 22.2. The number of nitrogens with one attached hydrogen (secondary N) is 3. The fourth-order valence-corrected chi connectivity index (χ4v) is 4.02. The number of carbonyl (C=O) groups excluding carboxylic acids is 3. The van der Waals surface area contributed by atoms with Crippen LogP contribution in [0.3, 0.4) is 0 Å². The third-order valence-electron chi connectivity index (χ3n) is 6.14. The van der Waals surface area contributed by atoms with E-state index in [0.717, 1.165) is 29.5 Å². The summed E-state index contributed by atoms with van der Waals surface area (Å²) in [6, 6.07) is 16.6. The van der Waals surface area contributed by atoms with Crippen LogP contribution in [-0.2, 0) is 10.2 Å². The highest BCUT2D eigenvalue weighted by molar-refractivity contribution is 6.08. The lowest BCUT2D eigenvalue weighted by atomic mass is 9.85. The van der Waals surface area contributed by atoms with E-state index in [0.29, 0.717) is 5.56 Å². The van der Waals surface area contributed by atoms with E-state index in [9.17, 15) is 19.6 Å². The first-order valence-electron chi connectivity index (χ1n) is 10.3. The highest BCUT2D eigenvalue weighted by atomic mass is 16.2. The molecule has 0 spiro atoms. The first kappa shape index (κ1) is 20.6. The third-order valence-corrected chi connectivity index (χ3v) is 6.14. The number of nitriles is 1. The van der Waals surface area contributed by atoms with Crippen LogP contribution >= 0.6 is 0 Å². The van der Waals surface area contributed by atoms with Crippen LogP contribution in [0, 0.1) is 17.2 Å². The maximum Gasteiger partial charge on any atom is 0.322 e. The van der Waals surface area contributed by atoms with Gasteiger partial charge in [0.05, 0.1) is 18.0 Å². The van der Waals surface area contributed by atoms with Crippen LogP contribution in [-0.4, -0.2) is 29.9 Å². The Morgan fingerprint density at radius 2 is 1.84 bits per heavy atom. The van der Waals surface area contributed by atoms with E-state index in [1.807, 2.05) is 50.2 Å². The Kier molecular flexibility index (Phi) is 5.02. The van der Waals surface area contributed by atoms with Gasteiger partial charge in [-0.15, -0.1) is 0 Å². The Balaban J connectivity index is 1.56. The van der Waals surface area contributed by atoms with Gasteiger partial charge in [0.25, 0.3) is 11.8 Å². The standard InChI is InChI=1S/C24H24N4O3/c1-23(2,13-25)16-9-7-15(8-10-16)18-5-3-4-6-19(18)20(29)26-14-24(17-11-12-17)21(30)27-22(31)28-24/h3-10,17H,11-12,14H2,1-2H3,(H,26,29)(H2,27,28,30,31)/t24-/m0/s1. The van der Waals surface area contributed by atoms with E-state index in [-0.39, 0.29) is 24.3 Å². The van der Waals surface area contributed by atoms with Crippen molar-refractivity contribution in [3.8, 4) is 17.2 Å². The summed E-state index contributed by atoms with van der Waals surface area (Å²) in [5.41, 5.74) is 1.31. The SMILES string of the molecule is CC(C)(C#N)c1ccc(-c2ccccc2C(=O)NC[C@@]2(C3CC3)NC(=O)NC2=O)cc1. The highest BCUT2D eigenvalue weighted by Crippen LogP contribution is 2.41. The van der Waals surface area contributed by atoms with Gasteiger partial charge >= 0.3 is 6.03 Å². The van der Waals surface area contributed by atoms with Crippen molar-refractivity contribution in [3.05, 3.63) is 59.7 Å². The molecule has 1 saturated heterocycles. The minimum absolute atomic E-state index is 0.0329. The second-order valence-corrected chi connectivity index (χ2v) is 8.70. The monoisotopic (exact) mass is 416 g/mol. The van der Waals surface area contributed by atoms with Crippen molar-refractivity contribution in [2.24, 2.45) is 5.92 Å². The fraction of sp³-hybridized carbons (Fsp3) is 0.333. The minimum atomic E-state index is -1.08. The van der Waals surface area contributed by atoms with Gasteiger partial charge in [0.1, 0.15) is 5.54 Å². The van der Waals surface area contributed by atoms with Gasteiger partial charge in [-0.1, -0.05) is 42.5 Å². The molecule has 4 rings (SSSR count). The fourth-order valence-electron chi connectivity index (χ4n) is 4.02. The summed E-state index contributed by atoms with van der Waals surface area (Å²) in [4.78, 5) is 37.1. The molecule has 1 atom stereocenters. The van der Waals surface area contributed by atoms with Crippen LogP contribution in [0.25, 0.3) is 11.1 Å². The second kappa shape index (κ2) is 7.55. The van der Waals surface area contributed by atoms with Crippen molar-refractivity contribution in [1.29, 1.82) is 5.26 Å². The molecule has 158 valence electrons. The number of urea groups is 1. The number of rotatable bonds is 6. The lowest BCUT2D eigenvalue weighted by molar-refractivity contribution is -0.124. The van der Waals surface area contributed by atoms with Crippen LogP contribution in [0.4, 0.5) is 4.79 Å². The summed E-state index contributed by atoms with van der Waals surface area (Å²) in [5, 5.41) is 17.2. The second-order valence-electron chi connectivity index (χ2n) is 8.70. The maximum absolute atomic E-state index is 13.0. The normalized spacial score (nSPS) is 20.5. The molecule has 1 aliphatic heterocycles. The molecule has 1 aliphatic carbocycles. The zero-order valence-electron chi connectivity index (χ0n) is 17.5. The van der Waals surface area contributed by atoms with Gasteiger partial charge in [0.15, 0.2) is 0 Å². The highest BCUT2D eigenvalue weighted by Gasteiger charge is 2.56. The molecule has 2 fully saturated rings. The topological polar surface area (TPSA) is 111 Å². The molecular weight excluding hydrogens is 392 g/mol. The van der Waals surface area contributed by atoms with Gasteiger partial charge in [-0.05, 0) is 55.4 Å². The number of benzene rings is 2. The van der Waals surface area contributed by atoms with E-state index < -0.39 is 17.0 Å². The van der Waals surface area contributed by atoms with E-state index in [1.54, 1.807) is 12.1 Å². The van der Waals surface area contributed by atoms with E-state index >= 15 is 0 Å². The molecule has 0 radical (unpaired) electrons. The first-order chi connectivity index (χ1) is 14.8. The Labute approximate surface area is 180 Å². The molecular formula is C24H24N4O3. The number of nitrogens with zero attached hydrogens (tertiary/aromatic N) is 1. The molecule has 7 heteroatoms. The van der Waals surface area contributed by atoms with Crippen molar-refractivity contribution in [2.75, 3.05) is 6.54 Å². The number of imide groups is 1. The molecule has 7 nitrogen and oxygen atoms in total. The molecule has 3 N–H and O–H groups in total. The molecule has 2 aromatic rings. The quantitative estimate of drug-likeness (QED) is 0.629. The van der Waals surface area contributed by atoms with Gasteiger partial charge < -0.3 is 10.6 Å². The molecule has 2 aliphatic rings. The van der Waals surface area contributed by atoms with E-state index in [2.05, 4.69) is 22.0 Å². The van der Waals surface area contributed by atoms with Gasteiger partial charge in [-0.2, -0.15) is 5.26 Å². The summed E-state index contributed by atoms with van der Waals surface area (Å²) >= 11 is 0. The third kappa shape index (κ3) is 3.77. The Bertz CT molecular complexity index is 1100. The summed E-state index contributed by atoms with van der Waals surface area (Å²) < 4.78 is 0. The molecule has 0 aromatic heterocycles. The molecule has 2 aromatic carbocycles. The van der Waals surface area contributed by atoms with Crippen molar-refractivity contribution >= 4 is 17.8 Å². The largest absolute Gasteiger partial charge is 0.349 e. The van der Waals surface area contributed by atoms with Crippen molar-refractivity contribution in [3.63, 3.8) is 0 Å². The lowest BCUT2D eigenvalue weighted by Gasteiger charge is -2.26. The number of hydrogen-bond acceptors (Lipinski definition) is 4. The van der Waals surface area contributed by atoms with E-state index in [4.69, 9.17) is 0 Å². The summed E-state index contributed by atoms with van der Waals surface area (Å²) in [7, 11) is 0. The minimum Gasteiger partial charge on any atom is -0.349 e. The molecule has 0 bridgehead atoms. The predicted octanol–water partition coefficient (Wildman–Crippen LogP) is 2.87. The van der Waals surface area contributed by atoms with Crippen LogP contribution in [0.1, 0.15) is 42.6 Å². The number of hydrogen-bond donors (Lipinski definition) is 3. The summed E-state index contributed by atoms with van der Waals surface area (Å²) in [6.45, 7) is 3.76.